The van der Waals surface area contributed by atoms with Gasteiger partial charge in [0.05, 0.1) is 12.3 Å². The van der Waals surface area contributed by atoms with Crippen LogP contribution in [0.15, 0.2) is 54.7 Å². The first-order chi connectivity index (χ1) is 10.2. The fraction of sp³-hybridized carbons (Fsp3) is 0.389. The molecule has 1 aromatic carbocycles. The number of aliphatic hydroxyl groups excluding tert-OH is 1. The van der Waals surface area contributed by atoms with Crippen LogP contribution in [0, 0.1) is 0 Å². The van der Waals surface area contributed by atoms with Crippen molar-refractivity contribution in [1.82, 2.24) is 9.88 Å². The number of rotatable bonds is 7. The van der Waals surface area contributed by atoms with Gasteiger partial charge in [-0.3, -0.25) is 9.88 Å². The Bertz CT molecular complexity index is 529. The predicted molar refractivity (Wildman–Crippen MR) is 86.1 cm³/mol. The summed E-state index contributed by atoms with van der Waals surface area (Å²) in [6.07, 6.45) is 1.83. The molecule has 1 unspecified atom stereocenters. The van der Waals surface area contributed by atoms with Gasteiger partial charge in [0, 0.05) is 24.7 Å². The maximum Gasteiger partial charge on any atom is 0.0543 e. The van der Waals surface area contributed by atoms with E-state index in [9.17, 15) is 5.11 Å². The summed E-state index contributed by atoms with van der Waals surface area (Å²) in [7, 11) is 0. The molecule has 1 atom stereocenters. The summed E-state index contributed by atoms with van der Waals surface area (Å²) in [6, 6.07) is 16.2. The Morgan fingerprint density at radius 3 is 2.38 bits per heavy atom. The molecule has 0 aliphatic carbocycles. The van der Waals surface area contributed by atoms with Crippen molar-refractivity contribution >= 4 is 0 Å². The fourth-order valence-corrected chi connectivity index (χ4v) is 2.57. The van der Waals surface area contributed by atoms with Crippen LogP contribution in [0.2, 0.25) is 0 Å². The molecule has 3 heteroatoms. The molecule has 3 nitrogen and oxygen atoms in total. The smallest absolute Gasteiger partial charge is 0.0543 e. The van der Waals surface area contributed by atoms with Crippen molar-refractivity contribution in [3.05, 3.63) is 66.0 Å². The second kappa shape index (κ2) is 7.34. The average Bonchev–Trinajstić information content (AvgIpc) is 2.56. The normalized spacial score (nSPS) is 14.1. The number of aliphatic hydroxyl groups is 1. The first kappa shape index (κ1) is 15.7. The van der Waals surface area contributed by atoms with Gasteiger partial charge in [-0.2, -0.15) is 0 Å². The molecule has 21 heavy (non-hydrogen) atoms. The highest BCUT2D eigenvalue weighted by Crippen LogP contribution is 2.25. The fourth-order valence-electron chi connectivity index (χ4n) is 2.57. The quantitative estimate of drug-likeness (QED) is 0.849. The van der Waals surface area contributed by atoms with Crippen LogP contribution < -0.4 is 0 Å². The Morgan fingerprint density at radius 1 is 1.10 bits per heavy atom. The first-order valence-corrected chi connectivity index (χ1v) is 7.46. The van der Waals surface area contributed by atoms with Gasteiger partial charge in [0.2, 0.25) is 0 Å². The van der Waals surface area contributed by atoms with E-state index < -0.39 is 0 Å². The monoisotopic (exact) mass is 284 g/mol. The topological polar surface area (TPSA) is 36.4 Å². The van der Waals surface area contributed by atoms with Crippen molar-refractivity contribution in [3.63, 3.8) is 0 Å². The van der Waals surface area contributed by atoms with Crippen LogP contribution in [0.1, 0.15) is 25.1 Å². The minimum Gasteiger partial charge on any atom is -0.395 e. The third-order valence-corrected chi connectivity index (χ3v) is 3.95. The largest absolute Gasteiger partial charge is 0.395 e. The minimum absolute atomic E-state index is 0.135. The van der Waals surface area contributed by atoms with E-state index in [4.69, 9.17) is 0 Å². The number of hydrogen-bond acceptors (Lipinski definition) is 3. The van der Waals surface area contributed by atoms with E-state index in [0.29, 0.717) is 0 Å². The number of likely N-dealkylation sites (N-methyl/N-ethyl adjacent to an activating group) is 1. The van der Waals surface area contributed by atoms with Crippen molar-refractivity contribution in [2.45, 2.75) is 25.8 Å². The van der Waals surface area contributed by atoms with Crippen LogP contribution in [-0.2, 0) is 12.0 Å². The number of nitrogens with zero attached hydrogens (tertiary/aromatic N) is 2. The molecule has 0 aliphatic heterocycles. The molecule has 0 spiro atoms. The van der Waals surface area contributed by atoms with Gasteiger partial charge in [-0.05, 0) is 24.2 Å². The van der Waals surface area contributed by atoms with Crippen molar-refractivity contribution < 1.29 is 5.11 Å². The highest BCUT2D eigenvalue weighted by molar-refractivity contribution is 5.25. The number of benzene rings is 1. The zero-order valence-electron chi connectivity index (χ0n) is 12.9. The average molecular weight is 284 g/mol. The maximum atomic E-state index is 9.91. The van der Waals surface area contributed by atoms with E-state index >= 15 is 0 Å². The molecule has 2 rings (SSSR count). The van der Waals surface area contributed by atoms with E-state index in [2.05, 4.69) is 35.9 Å². The standard InChI is InChI=1S/C18H24N2O/c1-3-20(13-17-11-7-8-12-19-17)14-18(2,15-21)16-9-5-4-6-10-16/h4-12,21H,3,13-15H2,1-2H3. The van der Waals surface area contributed by atoms with Crippen LogP contribution in [-0.4, -0.2) is 34.7 Å². The second-order valence-electron chi connectivity index (χ2n) is 5.71. The number of aromatic nitrogens is 1. The maximum absolute atomic E-state index is 9.91. The molecule has 1 N–H and O–H groups in total. The van der Waals surface area contributed by atoms with Gasteiger partial charge in [0.1, 0.15) is 0 Å². The Balaban J connectivity index is 2.12. The summed E-state index contributed by atoms with van der Waals surface area (Å²) in [4.78, 5) is 6.72. The van der Waals surface area contributed by atoms with E-state index in [1.807, 2.05) is 42.6 Å². The molecule has 1 heterocycles. The number of hydrogen-bond donors (Lipinski definition) is 1. The van der Waals surface area contributed by atoms with Gasteiger partial charge in [0.15, 0.2) is 0 Å². The van der Waals surface area contributed by atoms with E-state index in [1.54, 1.807) is 0 Å². The zero-order valence-corrected chi connectivity index (χ0v) is 12.9. The Labute approximate surface area is 127 Å². The summed E-state index contributed by atoms with van der Waals surface area (Å²) in [6.45, 7) is 6.93. The highest BCUT2D eigenvalue weighted by Gasteiger charge is 2.28. The molecule has 0 radical (unpaired) electrons. The summed E-state index contributed by atoms with van der Waals surface area (Å²) >= 11 is 0. The molecule has 112 valence electrons. The lowest BCUT2D eigenvalue weighted by molar-refractivity contribution is 0.142. The molecule has 0 aliphatic rings. The van der Waals surface area contributed by atoms with Crippen molar-refractivity contribution in [2.24, 2.45) is 0 Å². The second-order valence-corrected chi connectivity index (χ2v) is 5.71. The lowest BCUT2D eigenvalue weighted by Gasteiger charge is -2.34. The van der Waals surface area contributed by atoms with Crippen molar-refractivity contribution in [1.29, 1.82) is 0 Å². The summed E-state index contributed by atoms with van der Waals surface area (Å²) in [5, 5.41) is 9.91. The Hall–Kier alpha value is -1.71. The minimum atomic E-state index is -0.258. The van der Waals surface area contributed by atoms with Crippen LogP contribution >= 0.6 is 0 Å². The molecule has 2 aromatic rings. The third-order valence-electron chi connectivity index (χ3n) is 3.95. The number of pyridine rings is 1. The molecule has 0 amide bonds. The van der Waals surface area contributed by atoms with E-state index in [-0.39, 0.29) is 12.0 Å². The molecule has 0 saturated carbocycles. The van der Waals surface area contributed by atoms with Gasteiger partial charge in [0.25, 0.3) is 0 Å². The molecular formula is C18H24N2O. The van der Waals surface area contributed by atoms with Gasteiger partial charge in [-0.25, -0.2) is 0 Å². The van der Waals surface area contributed by atoms with Crippen molar-refractivity contribution in [2.75, 3.05) is 19.7 Å². The van der Waals surface area contributed by atoms with Gasteiger partial charge < -0.3 is 5.11 Å². The van der Waals surface area contributed by atoms with Crippen LogP contribution in [0.25, 0.3) is 0 Å². The summed E-state index contributed by atoms with van der Waals surface area (Å²) < 4.78 is 0. The predicted octanol–water partition coefficient (Wildman–Crippen LogP) is 2.85. The summed E-state index contributed by atoms with van der Waals surface area (Å²) in [5.74, 6) is 0. The highest BCUT2D eigenvalue weighted by atomic mass is 16.3. The van der Waals surface area contributed by atoms with Crippen molar-refractivity contribution in [3.8, 4) is 0 Å². The third kappa shape index (κ3) is 4.13. The van der Waals surface area contributed by atoms with Crippen LogP contribution in [0.5, 0.6) is 0 Å². The van der Waals surface area contributed by atoms with E-state index in [0.717, 1.165) is 25.3 Å². The van der Waals surface area contributed by atoms with E-state index in [1.165, 1.54) is 5.56 Å². The Kier molecular flexibility index (Phi) is 5.48. The molecule has 0 saturated heterocycles. The first-order valence-electron chi connectivity index (χ1n) is 7.46. The van der Waals surface area contributed by atoms with Crippen LogP contribution in [0.4, 0.5) is 0 Å². The summed E-state index contributed by atoms with van der Waals surface area (Å²) in [5.41, 5.74) is 1.98. The molecule has 0 bridgehead atoms. The van der Waals surface area contributed by atoms with Gasteiger partial charge in [-0.15, -0.1) is 0 Å². The lowest BCUT2D eigenvalue weighted by Crippen LogP contribution is -2.41. The molecule has 1 aromatic heterocycles. The zero-order chi connectivity index (χ0) is 15.1. The van der Waals surface area contributed by atoms with Gasteiger partial charge in [-0.1, -0.05) is 50.2 Å². The van der Waals surface area contributed by atoms with Crippen LogP contribution in [0.3, 0.4) is 0 Å². The molecule has 0 fully saturated rings. The van der Waals surface area contributed by atoms with Gasteiger partial charge >= 0.3 is 0 Å². The Morgan fingerprint density at radius 2 is 1.81 bits per heavy atom. The lowest BCUT2D eigenvalue weighted by atomic mass is 9.82. The molecular weight excluding hydrogens is 260 g/mol. The SMILES string of the molecule is CCN(Cc1ccccn1)CC(C)(CO)c1ccccc1.